The molecule has 1 aromatic carbocycles. The average molecular weight is 373 g/mol. The molecule has 2 aliphatic rings. The van der Waals surface area contributed by atoms with Crippen LogP contribution in [0.15, 0.2) is 12.1 Å². The molecule has 3 rings (SSSR count). The maximum Gasteiger partial charge on any atom is 0.126 e. The molecular weight excluding hydrogens is 331 g/mol. The number of unbranched alkanes of at least 4 members (excludes halogenated alkanes) is 5. The van der Waals surface area contributed by atoms with Crippen molar-refractivity contribution in [2.75, 3.05) is 0 Å². The molecule has 1 atom stereocenters. The third-order valence-corrected chi connectivity index (χ3v) is 7.37. The van der Waals surface area contributed by atoms with Gasteiger partial charge in [-0.2, -0.15) is 0 Å². The first kappa shape index (κ1) is 20.9. The third-order valence-electron chi connectivity index (χ3n) is 7.37. The first-order chi connectivity index (χ1) is 13.2. The van der Waals surface area contributed by atoms with Crippen molar-refractivity contribution in [2.45, 2.75) is 110 Å². The monoisotopic (exact) mass is 372 g/mol. The lowest BCUT2D eigenvalue weighted by Crippen LogP contribution is -2.22. The van der Waals surface area contributed by atoms with Crippen molar-refractivity contribution in [2.24, 2.45) is 17.8 Å². The summed E-state index contributed by atoms with van der Waals surface area (Å²) in [6.07, 6.45) is 19.4. The molecule has 1 aromatic rings. The van der Waals surface area contributed by atoms with Crippen molar-refractivity contribution in [3.05, 3.63) is 34.6 Å². The van der Waals surface area contributed by atoms with Gasteiger partial charge in [-0.1, -0.05) is 77.7 Å². The van der Waals surface area contributed by atoms with Crippen molar-refractivity contribution in [1.29, 1.82) is 0 Å². The topological polar surface area (TPSA) is 0 Å². The van der Waals surface area contributed by atoms with Gasteiger partial charge in [0.15, 0.2) is 0 Å². The van der Waals surface area contributed by atoms with Crippen LogP contribution in [0.1, 0.15) is 108 Å². The quantitative estimate of drug-likeness (QED) is 0.364. The fourth-order valence-corrected chi connectivity index (χ4v) is 5.73. The van der Waals surface area contributed by atoms with Crippen LogP contribution in [0.3, 0.4) is 0 Å². The fraction of sp³-hybridized carbons (Fsp3) is 0.769. The Balaban J connectivity index is 1.49. The molecule has 0 N–H and O–H groups in total. The van der Waals surface area contributed by atoms with E-state index in [-0.39, 0.29) is 5.82 Å². The molecule has 0 aliphatic heterocycles. The molecule has 1 unspecified atom stereocenters. The maximum atomic E-state index is 14.7. The van der Waals surface area contributed by atoms with Crippen LogP contribution in [0.2, 0.25) is 0 Å². The molecule has 1 heteroatoms. The van der Waals surface area contributed by atoms with E-state index in [0.717, 1.165) is 36.7 Å². The molecule has 0 aromatic heterocycles. The molecule has 27 heavy (non-hydrogen) atoms. The smallest absolute Gasteiger partial charge is 0.126 e. The van der Waals surface area contributed by atoms with Gasteiger partial charge in [-0.05, 0) is 79.0 Å². The Kier molecular flexibility index (Phi) is 8.22. The normalized spacial score (nSPS) is 24.9. The Bertz CT molecular complexity index is 568. The minimum Gasteiger partial charge on any atom is -0.207 e. The Labute approximate surface area is 167 Å². The minimum atomic E-state index is 0.0932. The predicted octanol–water partition coefficient (Wildman–Crippen LogP) is 8.05. The summed E-state index contributed by atoms with van der Waals surface area (Å²) in [5.41, 5.74) is 3.65. The molecule has 0 heterocycles. The Morgan fingerprint density at radius 3 is 2.30 bits per heavy atom. The van der Waals surface area contributed by atoms with Gasteiger partial charge in [0, 0.05) is 0 Å². The van der Waals surface area contributed by atoms with Crippen molar-refractivity contribution < 1.29 is 4.39 Å². The van der Waals surface area contributed by atoms with Gasteiger partial charge >= 0.3 is 0 Å². The molecule has 0 nitrogen and oxygen atoms in total. The molecule has 2 aliphatic carbocycles. The molecule has 0 radical (unpaired) electrons. The highest BCUT2D eigenvalue weighted by atomic mass is 19.1. The van der Waals surface area contributed by atoms with Crippen molar-refractivity contribution >= 4 is 0 Å². The summed E-state index contributed by atoms with van der Waals surface area (Å²) in [5, 5.41) is 0. The largest absolute Gasteiger partial charge is 0.207 e. The van der Waals surface area contributed by atoms with Crippen LogP contribution in [0.5, 0.6) is 0 Å². The van der Waals surface area contributed by atoms with Gasteiger partial charge in [-0.3, -0.25) is 0 Å². The van der Waals surface area contributed by atoms with E-state index < -0.39 is 0 Å². The summed E-state index contributed by atoms with van der Waals surface area (Å²) in [7, 11) is 0. The second-order valence-corrected chi connectivity index (χ2v) is 9.47. The number of hydrogen-bond donors (Lipinski definition) is 0. The van der Waals surface area contributed by atoms with Gasteiger partial charge in [0.1, 0.15) is 5.82 Å². The zero-order chi connectivity index (χ0) is 19.1. The number of halogens is 1. The third kappa shape index (κ3) is 5.81. The first-order valence-corrected chi connectivity index (χ1v) is 12.0. The van der Waals surface area contributed by atoms with E-state index in [9.17, 15) is 4.39 Å². The molecule has 1 fully saturated rings. The van der Waals surface area contributed by atoms with Crippen LogP contribution in [0.4, 0.5) is 4.39 Å². The number of hydrogen-bond acceptors (Lipinski definition) is 0. The summed E-state index contributed by atoms with van der Waals surface area (Å²) in [6, 6.07) is 4.21. The van der Waals surface area contributed by atoms with E-state index in [2.05, 4.69) is 19.9 Å². The second-order valence-electron chi connectivity index (χ2n) is 9.47. The standard InChI is InChI=1S/C26H41F/c1-3-5-6-7-8-9-11-21-16-24-18-23(19-25(24)26(27)17-21)22-14-12-20(10-4-2)13-15-22/h16-17,20,22-23H,3-15,18-19H2,1-2H3. The van der Waals surface area contributed by atoms with E-state index in [1.807, 2.05) is 6.07 Å². The summed E-state index contributed by atoms with van der Waals surface area (Å²) < 4.78 is 14.7. The first-order valence-electron chi connectivity index (χ1n) is 12.0. The van der Waals surface area contributed by atoms with Gasteiger partial charge < -0.3 is 0 Å². The maximum absolute atomic E-state index is 14.7. The molecule has 0 spiro atoms. The number of fused-ring (bicyclic) bond motifs is 1. The molecule has 1 saturated carbocycles. The highest BCUT2D eigenvalue weighted by Gasteiger charge is 2.33. The lowest BCUT2D eigenvalue weighted by molar-refractivity contribution is 0.201. The van der Waals surface area contributed by atoms with Crippen molar-refractivity contribution in [1.82, 2.24) is 0 Å². The number of benzene rings is 1. The Morgan fingerprint density at radius 1 is 0.815 bits per heavy atom. The van der Waals surface area contributed by atoms with Crippen LogP contribution in [-0.4, -0.2) is 0 Å². The van der Waals surface area contributed by atoms with E-state index in [4.69, 9.17) is 0 Å². The highest BCUT2D eigenvalue weighted by Crippen LogP contribution is 2.42. The average Bonchev–Trinajstić information content (AvgIpc) is 3.10. The van der Waals surface area contributed by atoms with E-state index in [1.54, 1.807) is 0 Å². The van der Waals surface area contributed by atoms with Crippen LogP contribution in [0, 0.1) is 23.6 Å². The van der Waals surface area contributed by atoms with Crippen LogP contribution >= 0.6 is 0 Å². The van der Waals surface area contributed by atoms with E-state index in [1.165, 1.54) is 88.2 Å². The number of rotatable bonds is 10. The van der Waals surface area contributed by atoms with Crippen LogP contribution in [-0.2, 0) is 19.3 Å². The SMILES string of the molecule is CCCCCCCCc1cc(F)c2c(c1)CC(C1CCC(CCC)CC1)C2. The lowest BCUT2D eigenvalue weighted by atomic mass is 9.74. The van der Waals surface area contributed by atoms with Gasteiger partial charge in [-0.25, -0.2) is 4.39 Å². The van der Waals surface area contributed by atoms with E-state index in [0.29, 0.717) is 5.92 Å². The zero-order valence-electron chi connectivity index (χ0n) is 17.9. The molecule has 0 amide bonds. The highest BCUT2D eigenvalue weighted by molar-refractivity contribution is 5.38. The van der Waals surface area contributed by atoms with Crippen molar-refractivity contribution in [3.8, 4) is 0 Å². The van der Waals surface area contributed by atoms with Crippen molar-refractivity contribution in [3.63, 3.8) is 0 Å². The molecule has 0 saturated heterocycles. The lowest BCUT2D eigenvalue weighted by Gasteiger charge is -2.32. The van der Waals surface area contributed by atoms with E-state index >= 15 is 0 Å². The van der Waals surface area contributed by atoms with Gasteiger partial charge in [-0.15, -0.1) is 0 Å². The number of aryl methyl sites for hydroxylation is 1. The van der Waals surface area contributed by atoms with Crippen LogP contribution in [0.25, 0.3) is 0 Å². The predicted molar refractivity (Wildman–Crippen MR) is 115 cm³/mol. The molecule has 0 bridgehead atoms. The fourth-order valence-electron chi connectivity index (χ4n) is 5.73. The summed E-state index contributed by atoms with van der Waals surface area (Å²) >= 11 is 0. The Morgan fingerprint density at radius 2 is 1.56 bits per heavy atom. The van der Waals surface area contributed by atoms with Crippen LogP contribution < -0.4 is 0 Å². The molecule has 152 valence electrons. The Hall–Kier alpha value is -0.850. The van der Waals surface area contributed by atoms with Gasteiger partial charge in [0.05, 0.1) is 0 Å². The van der Waals surface area contributed by atoms with Gasteiger partial charge in [0.2, 0.25) is 0 Å². The van der Waals surface area contributed by atoms with Gasteiger partial charge in [0.25, 0.3) is 0 Å². The summed E-state index contributed by atoms with van der Waals surface area (Å²) in [5.74, 6) is 2.61. The summed E-state index contributed by atoms with van der Waals surface area (Å²) in [6.45, 7) is 4.57. The minimum absolute atomic E-state index is 0.0932. The summed E-state index contributed by atoms with van der Waals surface area (Å²) in [4.78, 5) is 0. The molecular formula is C26H41F. The zero-order valence-corrected chi connectivity index (χ0v) is 17.9. The second kappa shape index (κ2) is 10.6.